The second-order valence-electron chi connectivity index (χ2n) is 26.7. The van der Waals surface area contributed by atoms with E-state index in [0.29, 0.717) is 161 Å². The number of aromatic nitrogens is 2. The number of esters is 1. The van der Waals surface area contributed by atoms with Crippen molar-refractivity contribution in [3.63, 3.8) is 0 Å². The Bertz CT molecular complexity index is 4300. The molecule has 3 aliphatic heterocycles. The van der Waals surface area contributed by atoms with Crippen LogP contribution in [0.5, 0.6) is 5.75 Å². The molecular weight excluding hydrogens is 1470 g/mol. The number of benzene rings is 3. The third kappa shape index (κ3) is 22.8. The monoisotopic (exact) mass is 1560 g/mol. The fourth-order valence-corrected chi connectivity index (χ4v) is 13.1. The highest BCUT2D eigenvalue weighted by Crippen LogP contribution is 2.43. The van der Waals surface area contributed by atoms with Crippen molar-refractivity contribution < 1.29 is 114 Å². The molecule has 0 spiro atoms. The lowest BCUT2D eigenvalue weighted by Crippen LogP contribution is -2.52. The summed E-state index contributed by atoms with van der Waals surface area (Å²) in [6.07, 6.45) is 3.64. The van der Waals surface area contributed by atoms with Crippen molar-refractivity contribution in [1.29, 1.82) is 0 Å². The summed E-state index contributed by atoms with van der Waals surface area (Å²) in [5.74, 6) is -9.64. The number of nitrogens with zero attached hydrogens (tertiary/aromatic N) is 3. The SMILES string of the molecule is CC[C@@]1(O)C(=O)OCc2c1cc1n(c2=O)Cc2c-1nc1cc(F)c3c(c1c2CNC(=O)[C@@H](OCNC(=O)CNC(=O)[C@H](Cc1ccccc1)NC(=O)CNC(=O)CNC(=O)CCCOc1c(F)cc(N2C(=O)C=CC2=O)cc1C(=O)NCCOCCOCCOCCOCCOCCOCCOCCOC)C1CC1)CCC3. The molecule has 8 N–H and O–H groups in total. The van der Waals surface area contributed by atoms with Crippen LogP contribution in [0.25, 0.3) is 22.3 Å². The molecule has 0 unspecified atom stereocenters. The van der Waals surface area contributed by atoms with Gasteiger partial charge in [0, 0.05) is 73.8 Å². The number of hydrogen-bond acceptors (Lipinski definition) is 24. The van der Waals surface area contributed by atoms with Crippen molar-refractivity contribution >= 4 is 75.7 Å². The molecule has 3 atom stereocenters. The van der Waals surface area contributed by atoms with Crippen molar-refractivity contribution in [2.45, 2.75) is 102 Å². The van der Waals surface area contributed by atoms with Gasteiger partial charge in [0.1, 0.15) is 31.3 Å². The molecule has 35 heteroatoms. The molecule has 9 amide bonds. The molecule has 1 saturated carbocycles. The molecule has 5 aliphatic rings. The van der Waals surface area contributed by atoms with E-state index < -0.39 is 126 Å². The summed E-state index contributed by atoms with van der Waals surface area (Å²) in [6.45, 7) is 4.15. The molecule has 0 radical (unpaired) electrons. The van der Waals surface area contributed by atoms with Crippen molar-refractivity contribution in [2.75, 3.05) is 151 Å². The largest absolute Gasteiger partial charge is 0.490 e. The molecule has 604 valence electrons. The number of fused-ring (bicyclic) bond motifs is 7. The van der Waals surface area contributed by atoms with Crippen LogP contribution in [0.15, 0.2) is 71.5 Å². The first-order valence-electron chi connectivity index (χ1n) is 37.2. The molecule has 0 saturated heterocycles. The Kier molecular flexibility index (Phi) is 31.6. The average Bonchev–Trinajstić information content (AvgIpc) is 1.54. The Morgan fingerprint density at radius 3 is 1.90 bits per heavy atom. The number of amides is 9. The first-order chi connectivity index (χ1) is 54.3. The van der Waals surface area contributed by atoms with Crippen LogP contribution in [0.4, 0.5) is 14.5 Å². The standard InChI is InChI=1S/C77H94F2N10O23/c1-3-77(101)56-38-61-69-54(44-88(61)75(99)55(56)45-111-76(77)100)53(68-51-12-7-11-50(51)57(78)39-59(68)87-69)40-83-74(98)70(48-14-15-48)112-46-85-64(92)42-84-73(97)60(35-47-9-5-4-6-10-47)86-65(93)43-82-63(91)41-81-62(90)13-8-19-110-71-52(36-49(37-58(71)79)89-66(94)16-17-67(89)95)72(96)80-18-20-103-23-24-105-27-28-107-31-32-109-34-33-108-30-29-106-26-25-104-22-21-102-2/h4-6,9-10,16-17,36-39,48,60,70,101H,3,7-8,11-15,18-35,40-46H2,1-2H3,(H,80,96)(H,81,90)(H,82,91)(H,83,98)(H,84,97)(H,85,92)(H,86,93)/t60-,70-,77-/m0/s1. The number of ether oxygens (including phenoxy) is 11. The van der Waals surface area contributed by atoms with Gasteiger partial charge in [-0.05, 0) is 85.3 Å². The number of rotatable bonds is 49. The number of pyridine rings is 2. The summed E-state index contributed by atoms with van der Waals surface area (Å²) in [5, 5.41) is 30.1. The first-order valence-corrected chi connectivity index (χ1v) is 37.2. The van der Waals surface area contributed by atoms with Crippen LogP contribution >= 0.6 is 0 Å². The van der Waals surface area contributed by atoms with Crippen LogP contribution in [0.1, 0.15) is 94.8 Å². The zero-order chi connectivity index (χ0) is 79.5. The second kappa shape index (κ2) is 42.0. The second-order valence-corrected chi connectivity index (χ2v) is 26.7. The van der Waals surface area contributed by atoms with Gasteiger partial charge in [-0.2, -0.15) is 0 Å². The molecular formula is C77H94F2N10O23. The normalized spacial score (nSPS) is 15.8. The topological polar surface area (TPSA) is 415 Å². The summed E-state index contributed by atoms with van der Waals surface area (Å²) >= 11 is 0. The number of anilines is 1. The molecule has 2 aromatic heterocycles. The van der Waals surface area contributed by atoms with Crippen LogP contribution in [-0.2, 0) is 135 Å². The lowest BCUT2D eigenvalue weighted by Gasteiger charge is -2.31. The van der Waals surface area contributed by atoms with Gasteiger partial charge in [0.25, 0.3) is 23.3 Å². The number of hydrogen-bond donors (Lipinski definition) is 8. The third-order valence-corrected chi connectivity index (χ3v) is 19.0. The van der Waals surface area contributed by atoms with Crippen LogP contribution in [0.3, 0.4) is 0 Å². The van der Waals surface area contributed by atoms with Crippen molar-refractivity contribution in [2.24, 2.45) is 5.92 Å². The van der Waals surface area contributed by atoms with E-state index in [2.05, 4.69) is 37.2 Å². The molecule has 0 bridgehead atoms. The third-order valence-electron chi connectivity index (χ3n) is 19.0. The molecule has 2 aliphatic carbocycles. The highest BCUT2D eigenvalue weighted by Gasteiger charge is 2.46. The minimum atomic E-state index is -2.08. The fraction of sp³-hybridized carbons (Fsp3) is 0.506. The van der Waals surface area contributed by atoms with Gasteiger partial charge in [-0.15, -0.1) is 0 Å². The summed E-state index contributed by atoms with van der Waals surface area (Å²) in [4.78, 5) is 151. The van der Waals surface area contributed by atoms with Crippen molar-refractivity contribution in [3.05, 3.63) is 133 Å². The van der Waals surface area contributed by atoms with E-state index >= 15 is 8.78 Å². The van der Waals surface area contributed by atoms with Gasteiger partial charge < -0.3 is 99.0 Å². The van der Waals surface area contributed by atoms with Crippen LogP contribution in [0, 0.1) is 17.6 Å². The summed E-state index contributed by atoms with van der Waals surface area (Å²) in [5.41, 5.74) is 1.21. The fourth-order valence-electron chi connectivity index (χ4n) is 13.1. The maximum Gasteiger partial charge on any atom is 0.343 e. The molecule has 5 aromatic rings. The Balaban J connectivity index is 0.622. The quantitative estimate of drug-likeness (QED) is 0.0115. The Morgan fingerprint density at radius 1 is 0.652 bits per heavy atom. The summed E-state index contributed by atoms with van der Waals surface area (Å²) < 4.78 is 93.1. The van der Waals surface area contributed by atoms with E-state index in [-0.39, 0.29) is 107 Å². The number of carbonyl (C=O) groups is 10. The Labute approximate surface area is 643 Å². The van der Waals surface area contributed by atoms with E-state index in [1.165, 1.54) is 10.6 Å². The van der Waals surface area contributed by atoms with Gasteiger partial charge in [0.05, 0.1) is 166 Å². The number of halogens is 2. The van der Waals surface area contributed by atoms with Gasteiger partial charge in [0.2, 0.25) is 35.4 Å². The summed E-state index contributed by atoms with van der Waals surface area (Å²) in [7, 11) is 1.61. The van der Waals surface area contributed by atoms with Crippen LogP contribution < -0.4 is 52.4 Å². The van der Waals surface area contributed by atoms with Crippen molar-refractivity contribution in [1.82, 2.24) is 46.8 Å². The average molecular weight is 1570 g/mol. The zero-order valence-corrected chi connectivity index (χ0v) is 62.4. The molecule has 5 heterocycles. The number of imide groups is 1. The molecule has 10 rings (SSSR count). The van der Waals surface area contributed by atoms with E-state index in [0.717, 1.165) is 29.8 Å². The predicted octanol–water partition coefficient (Wildman–Crippen LogP) is 1.19. The molecule has 1 fully saturated rings. The highest BCUT2D eigenvalue weighted by molar-refractivity contribution is 6.28. The van der Waals surface area contributed by atoms with Gasteiger partial charge in [-0.3, -0.25) is 47.9 Å². The zero-order valence-electron chi connectivity index (χ0n) is 62.4. The number of methoxy groups -OCH3 is 1. The molecule has 112 heavy (non-hydrogen) atoms. The van der Waals surface area contributed by atoms with Gasteiger partial charge >= 0.3 is 5.97 Å². The van der Waals surface area contributed by atoms with E-state index in [4.69, 9.17) is 57.1 Å². The number of aliphatic hydroxyl groups is 1. The Morgan fingerprint density at radius 2 is 1.26 bits per heavy atom. The summed E-state index contributed by atoms with van der Waals surface area (Å²) in [6, 6.07) is 12.3. The maximum absolute atomic E-state index is 15.8. The number of aryl methyl sites for hydroxylation is 1. The lowest BCUT2D eigenvalue weighted by atomic mass is 9.86. The molecule has 3 aromatic carbocycles. The lowest BCUT2D eigenvalue weighted by molar-refractivity contribution is -0.172. The minimum Gasteiger partial charge on any atom is -0.490 e. The minimum absolute atomic E-state index is 0.0275. The molecule has 33 nitrogen and oxygen atoms in total. The number of nitrogens with one attached hydrogen (secondary N) is 7. The van der Waals surface area contributed by atoms with Gasteiger partial charge in [-0.1, -0.05) is 37.3 Å². The maximum atomic E-state index is 15.8. The van der Waals surface area contributed by atoms with Gasteiger partial charge in [0.15, 0.2) is 17.2 Å². The van der Waals surface area contributed by atoms with Gasteiger partial charge in [-0.25, -0.2) is 23.5 Å². The van der Waals surface area contributed by atoms with Crippen molar-refractivity contribution in [3.8, 4) is 17.1 Å². The highest BCUT2D eigenvalue weighted by atomic mass is 19.1. The van der Waals surface area contributed by atoms with E-state index in [1.54, 1.807) is 50.4 Å². The smallest absolute Gasteiger partial charge is 0.343 e. The van der Waals surface area contributed by atoms with E-state index in [1.807, 2.05) is 0 Å². The number of cyclic esters (lactones) is 1. The predicted molar refractivity (Wildman–Crippen MR) is 393 cm³/mol. The van der Waals surface area contributed by atoms with E-state index in [9.17, 15) is 57.8 Å². The number of carbonyl (C=O) groups excluding carboxylic acids is 10. The van der Waals surface area contributed by atoms with Crippen LogP contribution in [0.2, 0.25) is 0 Å². The Hall–Kier alpha value is -10.1. The first kappa shape index (κ1) is 84.4. The van der Waals surface area contributed by atoms with Crippen LogP contribution in [-0.4, -0.2) is 232 Å².